The number of halogens is 1. The molecule has 1 saturated heterocycles. The number of nitrogens with one attached hydrogen (secondary N) is 2. The van der Waals surface area contributed by atoms with E-state index < -0.39 is 0 Å². The monoisotopic (exact) mass is 251 g/mol. The van der Waals surface area contributed by atoms with Crippen LogP contribution in [0.3, 0.4) is 0 Å². The van der Waals surface area contributed by atoms with Crippen molar-refractivity contribution in [2.75, 3.05) is 25.0 Å². The quantitative estimate of drug-likeness (QED) is 0.807. The third kappa shape index (κ3) is 1.96. The van der Waals surface area contributed by atoms with Crippen molar-refractivity contribution in [3.63, 3.8) is 0 Å². The number of aryl methyl sites for hydroxylation is 1. The second kappa shape index (κ2) is 4.16. The van der Waals surface area contributed by atoms with Crippen molar-refractivity contribution in [2.45, 2.75) is 0 Å². The molecule has 0 amide bonds. The lowest BCUT2D eigenvalue weighted by Crippen LogP contribution is -2.45. The van der Waals surface area contributed by atoms with Gasteiger partial charge in [-0.1, -0.05) is 0 Å². The van der Waals surface area contributed by atoms with Crippen LogP contribution >= 0.6 is 11.6 Å². The molecule has 0 unspecified atom stereocenters. The molecule has 3 heterocycles. The highest BCUT2D eigenvalue weighted by Gasteiger charge is 2.17. The summed E-state index contributed by atoms with van der Waals surface area (Å²) in [6.07, 6.45) is 1.96. The van der Waals surface area contributed by atoms with Gasteiger partial charge >= 0.3 is 0 Å². The molecule has 3 rings (SSSR count). The lowest BCUT2D eigenvalue weighted by molar-refractivity contribution is 0.365. The number of hydrogen-bond donors (Lipinski definition) is 2. The van der Waals surface area contributed by atoms with E-state index in [2.05, 4.69) is 20.6 Å². The Balaban J connectivity index is 1.92. The minimum Gasteiger partial charge on any atom is -0.368 e. The third-order valence-corrected chi connectivity index (χ3v) is 3.29. The average molecular weight is 252 g/mol. The summed E-state index contributed by atoms with van der Waals surface area (Å²) in [6.45, 7) is 3.06. The SMILES string of the molecule is Cn1ccc2nc(Cl)nc(NCC3CNC3)c21. The van der Waals surface area contributed by atoms with Gasteiger partial charge in [0.1, 0.15) is 5.52 Å². The van der Waals surface area contributed by atoms with Crippen molar-refractivity contribution >= 4 is 28.5 Å². The standard InChI is InChI=1S/C11H14ClN5/c1-17-3-2-8-9(17)10(16-11(12)15-8)14-6-7-4-13-5-7/h2-3,7,13H,4-6H2,1H3,(H,14,15,16). The maximum absolute atomic E-state index is 5.91. The fourth-order valence-electron chi connectivity index (χ4n) is 2.02. The summed E-state index contributed by atoms with van der Waals surface area (Å²) >= 11 is 5.91. The van der Waals surface area contributed by atoms with Gasteiger partial charge < -0.3 is 15.2 Å². The van der Waals surface area contributed by atoms with Crippen molar-refractivity contribution in [3.05, 3.63) is 17.5 Å². The molecule has 0 saturated carbocycles. The third-order valence-electron chi connectivity index (χ3n) is 3.12. The molecule has 0 radical (unpaired) electrons. The predicted octanol–water partition coefficient (Wildman–Crippen LogP) is 1.25. The summed E-state index contributed by atoms with van der Waals surface area (Å²) in [7, 11) is 1.98. The van der Waals surface area contributed by atoms with Gasteiger partial charge in [-0.25, -0.2) is 4.98 Å². The summed E-state index contributed by atoms with van der Waals surface area (Å²) in [5.74, 6) is 1.50. The molecular weight excluding hydrogens is 238 g/mol. The number of fused-ring (bicyclic) bond motifs is 1. The van der Waals surface area contributed by atoms with Gasteiger partial charge in [0, 0.05) is 38.8 Å². The highest BCUT2D eigenvalue weighted by atomic mass is 35.5. The van der Waals surface area contributed by atoms with E-state index >= 15 is 0 Å². The topological polar surface area (TPSA) is 54.8 Å². The van der Waals surface area contributed by atoms with Gasteiger partial charge in [-0.05, 0) is 17.7 Å². The minimum atomic E-state index is 0.290. The van der Waals surface area contributed by atoms with Gasteiger partial charge in [0.2, 0.25) is 5.28 Å². The van der Waals surface area contributed by atoms with Crippen molar-refractivity contribution in [1.82, 2.24) is 19.9 Å². The molecule has 0 spiro atoms. The molecule has 0 aromatic carbocycles. The van der Waals surface area contributed by atoms with Crippen LogP contribution < -0.4 is 10.6 Å². The Morgan fingerprint density at radius 3 is 3.06 bits per heavy atom. The second-order valence-corrected chi connectivity index (χ2v) is 4.74. The Kier molecular flexibility index (Phi) is 2.64. The molecule has 0 atom stereocenters. The fraction of sp³-hybridized carbons (Fsp3) is 0.455. The van der Waals surface area contributed by atoms with Gasteiger partial charge in [-0.15, -0.1) is 0 Å². The van der Waals surface area contributed by atoms with E-state index in [-0.39, 0.29) is 5.28 Å². The zero-order valence-corrected chi connectivity index (χ0v) is 10.3. The summed E-state index contributed by atoms with van der Waals surface area (Å²) in [6, 6.07) is 1.94. The minimum absolute atomic E-state index is 0.290. The molecular formula is C11H14ClN5. The summed E-state index contributed by atoms with van der Waals surface area (Å²) in [5, 5.41) is 6.90. The van der Waals surface area contributed by atoms with Crippen LogP contribution in [-0.2, 0) is 7.05 Å². The zero-order chi connectivity index (χ0) is 11.8. The highest BCUT2D eigenvalue weighted by molar-refractivity contribution is 6.28. The maximum atomic E-state index is 5.91. The van der Waals surface area contributed by atoms with Crippen LogP contribution in [0.25, 0.3) is 11.0 Å². The van der Waals surface area contributed by atoms with Crippen LogP contribution in [0, 0.1) is 5.92 Å². The number of aromatic nitrogens is 3. The van der Waals surface area contributed by atoms with E-state index in [0.717, 1.165) is 36.5 Å². The first-order chi connectivity index (χ1) is 8.24. The fourth-order valence-corrected chi connectivity index (χ4v) is 2.20. The number of nitrogens with zero attached hydrogens (tertiary/aromatic N) is 3. The van der Waals surface area contributed by atoms with Crippen LogP contribution in [0.2, 0.25) is 5.28 Å². The Labute approximate surface area is 104 Å². The smallest absolute Gasteiger partial charge is 0.225 e. The van der Waals surface area contributed by atoms with E-state index in [0.29, 0.717) is 5.92 Å². The summed E-state index contributed by atoms with van der Waals surface area (Å²) < 4.78 is 2.01. The molecule has 2 aromatic rings. The molecule has 1 fully saturated rings. The first-order valence-electron chi connectivity index (χ1n) is 5.67. The predicted molar refractivity (Wildman–Crippen MR) is 68.4 cm³/mol. The van der Waals surface area contributed by atoms with E-state index in [1.807, 2.05) is 23.9 Å². The first kappa shape index (κ1) is 10.8. The Morgan fingerprint density at radius 1 is 1.53 bits per heavy atom. The normalized spacial score (nSPS) is 16.1. The average Bonchev–Trinajstić information content (AvgIpc) is 2.57. The molecule has 5 nitrogen and oxygen atoms in total. The molecule has 0 bridgehead atoms. The van der Waals surface area contributed by atoms with Crippen molar-refractivity contribution in [1.29, 1.82) is 0 Å². The van der Waals surface area contributed by atoms with Gasteiger partial charge in [-0.3, -0.25) is 0 Å². The van der Waals surface area contributed by atoms with Crippen molar-refractivity contribution < 1.29 is 0 Å². The summed E-state index contributed by atoms with van der Waals surface area (Å²) in [4.78, 5) is 8.47. The molecule has 6 heteroatoms. The maximum Gasteiger partial charge on any atom is 0.225 e. The van der Waals surface area contributed by atoms with E-state index in [1.54, 1.807) is 0 Å². The molecule has 90 valence electrons. The second-order valence-electron chi connectivity index (χ2n) is 4.41. The molecule has 17 heavy (non-hydrogen) atoms. The molecule has 1 aliphatic rings. The van der Waals surface area contributed by atoms with Gasteiger partial charge in [0.25, 0.3) is 0 Å². The van der Waals surface area contributed by atoms with Gasteiger partial charge in [0.15, 0.2) is 5.82 Å². The summed E-state index contributed by atoms with van der Waals surface area (Å²) in [5.41, 5.74) is 1.88. The molecule has 1 aliphatic heterocycles. The highest BCUT2D eigenvalue weighted by Crippen LogP contribution is 2.22. The van der Waals surface area contributed by atoms with Crippen LogP contribution in [0.4, 0.5) is 5.82 Å². The number of hydrogen-bond acceptors (Lipinski definition) is 4. The van der Waals surface area contributed by atoms with Crippen LogP contribution in [0.5, 0.6) is 0 Å². The molecule has 2 N–H and O–H groups in total. The Bertz CT molecular complexity index is 546. The largest absolute Gasteiger partial charge is 0.368 e. The Morgan fingerprint density at radius 2 is 2.35 bits per heavy atom. The van der Waals surface area contributed by atoms with Crippen LogP contribution in [-0.4, -0.2) is 34.2 Å². The van der Waals surface area contributed by atoms with Crippen LogP contribution in [0.15, 0.2) is 12.3 Å². The molecule has 0 aliphatic carbocycles. The lowest BCUT2D eigenvalue weighted by atomic mass is 10.0. The van der Waals surface area contributed by atoms with Crippen molar-refractivity contribution in [3.8, 4) is 0 Å². The van der Waals surface area contributed by atoms with E-state index in [9.17, 15) is 0 Å². The van der Waals surface area contributed by atoms with Crippen LogP contribution in [0.1, 0.15) is 0 Å². The van der Waals surface area contributed by atoms with E-state index in [1.165, 1.54) is 0 Å². The van der Waals surface area contributed by atoms with Gasteiger partial charge in [-0.2, -0.15) is 4.98 Å². The molecule has 2 aromatic heterocycles. The number of rotatable bonds is 3. The van der Waals surface area contributed by atoms with E-state index in [4.69, 9.17) is 11.6 Å². The Hall–Kier alpha value is -1.33. The lowest BCUT2D eigenvalue weighted by Gasteiger charge is -2.27. The number of anilines is 1. The first-order valence-corrected chi connectivity index (χ1v) is 6.05. The van der Waals surface area contributed by atoms with Gasteiger partial charge in [0.05, 0.1) is 5.52 Å². The zero-order valence-electron chi connectivity index (χ0n) is 9.57. The van der Waals surface area contributed by atoms with Crippen molar-refractivity contribution in [2.24, 2.45) is 13.0 Å².